The van der Waals surface area contributed by atoms with E-state index in [0.717, 1.165) is 52.8 Å². The van der Waals surface area contributed by atoms with Crippen LogP contribution in [0.4, 0.5) is 0 Å². The predicted molar refractivity (Wildman–Crippen MR) is 39.3 cm³/mol. The van der Waals surface area contributed by atoms with E-state index in [2.05, 4.69) is 13.8 Å². The molecule has 0 bridgehead atoms. The van der Waals surface area contributed by atoms with Crippen molar-refractivity contribution in [1.29, 1.82) is 0 Å². The molecule has 1 nitrogen and oxygen atoms in total. The van der Waals surface area contributed by atoms with Crippen LogP contribution >= 0.6 is 0 Å². The minimum absolute atomic E-state index is 0.831. The van der Waals surface area contributed by atoms with Gasteiger partial charge < -0.3 is 0 Å². The van der Waals surface area contributed by atoms with Crippen LogP contribution in [0.1, 0.15) is 39.5 Å². The van der Waals surface area contributed by atoms with Gasteiger partial charge in [0.15, 0.2) is 0 Å². The molecule has 0 N–H and O–H groups in total. The Kier molecular flexibility index (Phi) is 9.56. The van der Waals surface area contributed by atoms with Crippen molar-refractivity contribution in [3.63, 3.8) is 0 Å². The van der Waals surface area contributed by atoms with Crippen LogP contribution in [0.5, 0.6) is 0 Å². The average Bonchev–Trinajstić information content (AvgIpc) is 1.98. The van der Waals surface area contributed by atoms with E-state index < -0.39 is 0 Å². The molecule has 0 rings (SSSR count). The Morgan fingerprint density at radius 2 is 2.10 bits per heavy atom. The van der Waals surface area contributed by atoms with Crippen LogP contribution in [0.3, 0.4) is 0 Å². The number of unbranched alkanes of at least 4 members (excludes halogenated alkanes) is 1. The van der Waals surface area contributed by atoms with E-state index in [1.54, 1.807) is 0 Å². The van der Waals surface area contributed by atoms with Gasteiger partial charge in [0, 0.05) is 0 Å². The molecule has 0 saturated heterocycles. The van der Waals surface area contributed by atoms with Crippen molar-refractivity contribution >= 4 is 0 Å². The van der Waals surface area contributed by atoms with Crippen molar-refractivity contribution in [1.82, 2.24) is 0 Å². The van der Waals surface area contributed by atoms with Crippen LogP contribution in [-0.2, 0) is 0.951 Å². The summed E-state index contributed by atoms with van der Waals surface area (Å²) in [4.78, 5) is 0. The van der Waals surface area contributed by atoms with E-state index >= 15 is 0 Å². The van der Waals surface area contributed by atoms with Crippen molar-refractivity contribution < 1.29 is 41.2 Å². The topological polar surface area (TPSA) is 9.23 Å². The SMILES string of the molecule is CCCCC(CC)C[O][Ce]. The fourth-order valence-electron chi connectivity index (χ4n) is 1.02. The van der Waals surface area contributed by atoms with E-state index in [0.29, 0.717) is 0 Å². The summed E-state index contributed by atoms with van der Waals surface area (Å²) < 4.78 is 5.23. The van der Waals surface area contributed by atoms with Gasteiger partial charge in [0.05, 0.1) is 0 Å². The molecule has 0 aromatic carbocycles. The molecule has 59 valence electrons. The van der Waals surface area contributed by atoms with Crippen LogP contribution in [-0.4, -0.2) is 6.61 Å². The van der Waals surface area contributed by atoms with E-state index in [9.17, 15) is 0 Å². The van der Waals surface area contributed by atoms with E-state index in [1.165, 1.54) is 25.7 Å². The zero-order valence-corrected chi connectivity index (χ0v) is 10.2. The molecular formula is C8H17CeO. The molecule has 0 aliphatic rings. The summed E-state index contributed by atoms with van der Waals surface area (Å²) in [7, 11) is 0. The van der Waals surface area contributed by atoms with Gasteiger partial charge in [0.1, 0.15) is 0 Å². The fraction of sp³-hybridized carbons (Fsp3) is 1.00. The number of hydrogen-bond acceptors (Lipinski definition) is 1. The molecule has 2 heteroatoms. The summed E-state index contributed by atoms with van der Waals surface area (Å²) in [6, 6.07) is 0. The molecule has 0 aliphatic heterocycles. The first kappa shape index (κ1) is 11.3. The zero-order chi connectivity index (χ0) is 7.82. The van der Waals surface area contributed by atoms with Crippen LogP contribution < -0.4 is 0 Å². The van der Waals surface area contributed by atoms with Crippen molar-refractivity contribution in [3.05, 3.63) is 0 Å². The summed E-state index contributed by atoms with van der Waals surface area (Å²) >= 11 is 0.900. The van der Waals surface area contributed by atoms with Gasteiger partial charge in [0.2, 0.25) is 0 Å². The third-order valence-electron chi connectivity index (χ3n) is 1.86. The summed E-state index contributed by atoms with van der Waals surface area (Å²) in [5.74, 6) is 0.831. The summed E-state index contributed by atoms with van der Waals surface area (Å²) in [6.45, 7) is 5.50. The molecule has 0 heterocycles. The average molecular weight is 269 g/mol. The van der Waals surface area contributed by atoms with Crippen molar-refractivity contribution in [2.45, 2.75) is 39.5 Å². The Balaban J connectivity index is 3.21. The Morgan fingerprint density at radius 1 is 1.40 bits per heavy atom. The van der Waals surface area contributed by atoms with E-state index in [1.807, 2.05) is 0 Å². The Hall–Kier alpha value is 1.34. The molecule has 0 aromatic heterocycles. The van der Waals surface area contributed by atoms with Gasteiger partial charge in [-0.25, -0.2) is 0 Å². The summed E-state index contributed by atoms with van der Waals surface area (Å²) in [5, 5.41) is 0. The second kappa shape index (κ2) is 8.43. The minimum atomic E-state index is 0.831. The van der Waals surface area contributed by atoms with Gasteiger partial charge in [-0.3, -0.25) is 0 Å². The molecule has 0 spiro atoms. The van der Waals surface area contributed by atoms with Gasteiger partial charge in [-0.15, -0.1) is 0 Å². The second-order valence-electron chi connectivity index (χ2n) is 2.73. The molecule has 0 amide bonds. The molecule has 0 radical (unpaired) electrons. The number of rotatable bonds is 6. The molecule has 0 fully saturated rings. The standard InChI is InChI=1S/C8H17O.Ce/c1-3-5-6-8(4-2)7-9;/h8H,3-7H2,1-2H3;/q-1;+1. The van der Waals surface area contributed by atoms with E-state index in [4.69, 9.17) is 0.951 Å². The third-order valence-corrected chi connectivity index (χ3v) is 2.39. The van der Waals surface area contributed by atoms with Gasteiger partial charge >= 0.3 is 93.3 Å². The summed E-state index contributed by atoms with van der Waals surface area (Å²) in [6.07, 6.45) is 5.32. The van der Waals surface area contributed by atoms with Crippen molar-refractivity contribution in [2.75, 3.05) is 6.61 Å². The van der Waals surface area contributed by atoms with Crippen LogP contribution in [0.25, 0.3) is 0 Å². The predicted octanol–water partition coefficient (Wildman–Crippen LogP) is 2.68. The molecule has 0 saturated carbocycles. The Bertz CT molecular complexity index is 66.3. The van der Waals surface area contributed by atoms with Crippen LogP contribution in [0.15, 0.2) is 0 Å². The van der Waals surface area contributed by atoms with Gasteiger partial charge in [-0.1, -0.05) is 0 Å². The fourth-order valence-corrected chi connectivity index (χ4v) is 1.76. The van der Waals surface area contributed by atoms with Crippen LogP contribution in [0.2, 0.25) is 0 Å². The molecule has 1 unspecified atom stereocenters. The maximum absolute atomic E-state index is 5.23. The van der Waals surface area contributed by atoms with Crippen molar-refractivity contribution in [3.8, 4) is 0 Å². The molecule has 1 atom stereocenters. The number of hydrogen-bond donors (Lipinski definition) is 0. The Morgan fingerprint density at radius 3 is 2.50 bits per heavy atom. The monoisotopic (exact) mass is 269 g/mol. The first-order valence-corrected chi connectivity index (χ1v) is 5.41. The van der Waals surface area contributed by atoms with Gasteiger partial charge in [0.25, 0.3) is 0 Å². The normalized spacial score (nSPS) is 13.3. The zero-order valence-electron chi connectivity index (χ0n) is 7.02. The van der Waals surface area contributed by atoms with Crippen LogP contribution in [0, 0.1) is 46.2 Å². The van der Waals surface area contributed by atoms with Gasteiger partial charge in [-0.2, -0.15) is 0 Å². The first-order chi connectivity index (χ1) is 4.85. The summed E-state index contributed by atoms with van der Waals surface area (Å²) in [5.41, 5.74) is 0. The van der Waals surface area contributed by atoms with Gasteiger partial charge in [-0.05, 0) is 0 Å². The Labute approximate surface area is 92.3 Å². The van der Waals surface area contributed by atoms with E-state index in [-0.39, 0.29) is 0 Å². The molecular weight excluding hydrogens is 252 g/mol. The third kappa shape index (κ3) is 6.07. The molecule has 0 aliphatic carbocycles. The molecule has 0 aromatic rings. The second-order valence-corrected chi connectivity index (χ2v) is 3.63. The first-order valence-electron chi connectivity index (χ1n) is 4.13. The molecule has 10 heavy (non-hydrogen) atoms. The quantitative estimate of drug-likeness (QED) is 0.720. The maximum atomic E-state index is 5.23. The van der Waals surface area contributed by atoms with Crippen molar-refractivity contribution in [2.24, 2.45) is 5.92 Å².